The highest BCUT2D eigenvalue weighted by Gasteiger charge is 2.41. The maximum absolute atomic E-state index is 2.60. The largest absolute Gasteiger partial charge is 0.333 e. The van der Waals surface area contributed by atoms with E-state index >= 15 is 0 Å². The number of allylic oxidation sites excluding steroid dienone is 2. The molecule has 2 atom stereocenters. The highest BCUT2D eigenvalue weighted by Crippen LogP contribution is 2.56. The molecule has 0 N–H and O–H groups in total. The van der Waals surface area contributed by atoms with E-state index < -0.39 is 0 Å². The number of rotatable bonds is 5. The Morgan fingerprint density at radius 3 is 1.67 bits per heavy atom. The molecule has 268 valence electrons. The van der Waals surface area contributed by atoms with Crippen LogP contribution in [0.15, 0.2) is 212 Å². The van der Waals surface area contributed by atoms with Gasteiger partial charge in [-0.3, -0.25) is 0 Å². The second-order valence-electron chi connectivity index (χ2n) is 15.3. The first kappa shape index (κ1) is 31.9. The van der Waals surface area contributed by atoms with Crippen molar-refractivity contribution in [3.8, 4) is 33.6 Å². The summed E-state index contributed by atoms with van der Waals surface area (Å²) in [5.41, 5.74) is 15.9. The fourth-order valence-electron chi connectivity index (χ4n) is 9.82. The third-order valence-electron chi connectivity index (χ3n) is 12.2. The van der Waals surface area contributed by atoms with Crippen molar-refractivity contribution in [3.63, 3.8) is 0 Å². The normalized spacial score (nSPS) is 15.9. The third kappa shape index (κ3) is 4.79. The van der Waals surface area contributed by atoms with Crippen LogP contribution in [0.3, 0.4) is 0 Å². The minimum atomic E-state index is 0.154. The second kappa shape index (κ2) is 12.6. The van der Waals surface area contributed by atoms with Crippen LogP contribution in [0, 0.1) is 0 Å². The molecule has 57 heavy (non-hydrogen) atoms. The summed E-state index contributed by atoms with van der Waals surface area (Å²) in [5.74, 6) is 0.185. The van der Waals surface area contributed by atoms with Crippen LogP contribution in [0.1, 0.15) is 11.5 Å². The van der Waals surface area contributed by atoms with Crippen LogP contribution in [0.2, 0.25) is 0 Å². The lowest BCUT2D eigenvalue weighted by molar-refractivity contribution is 0.746. The summed E-state index contributed by atoms with van der Waals surface area (Å²) < 4.78 is 4.87. The zero-order chi connectivity index (χ0) is 37.5. The van der Waals surface area contributed by atoms with E-state index in [1.807, 2.05) is 0 Å². The summed E-state index contributed by atoms with van der Waals surface area (Å²) in [7, 11) is 0. The maximum atomic E-state index is 2.60. The van der Waals surface area contributed by atoms with Gasteiger partial charge in [0.2, 0.25) is 0 Å². The molecule has 1 aliphatic heterocycles. The molecule has 0 bridgehead atoms. The SMILES string of the molecule is C1=CC2c3c(-c4cccc(-c5ccc6c7ccccc7n(-c7ccccc7)c6c5)c4)cc4c(c3N(c3ccccc3)C2C=C1)c1ccccc1n4-c1ccccc1. The Bertz CT molecular complexity index is 3240. The minimum absolute atomic E-state index is 0.154. The number of nitrogens with zero attached hydrogens (tertiary/aromatic N) is 3. The van der Waals surface area contributed by atoms with Crippen molar-refractivity contribution in [2.75, 3.05) is 4.90 Å². The van der Waals surface area contributed by atoms with Crippen molar-refractivity contribution in [3.05, 3.63) is 218 Å². The molecule has 0 radical (unpaired) electrons. The lowest BCUT2D eigenvalue weighted by atomic mass is 9.85. The molecule has 3 heteroatoms. The molecule has 12 rings (SSSR count). The fourth-order valence-corrected chi connectivity index (χ4v) is 9.82. The lowest BCUT2D eigenvalue weighted by Gasteiger charge is -2.29. The first-order valence-electron chi connectivity index (χ1n) is 19.9. The molecular formula is C54H37N3. The van der Waals surface area contributed by atoms with Crippen molar-refractivity contribution < 1.29 is 0 Å². The van der Waals surface area contributed by atoms with Crippen molar-refractivity contribution in [2.24, 2.45) is 0 Å². The minimum Gasteiger partial charge on any atom is -0.333 e. The van der Waals surface area contributed by atoms with Crippen LogP contribution in [0.4, 0.5) is 11.4 Å². The van der Waals surface area contributed by atoms with Gasteiger partial charge in [-0.15, -0.1) is 0 Å². The summed E-state index contributed by atoms with van der Waals surface area (Å²) >= 11 is 0. The van der Waals surface area contributed by atoms with Crippen molar-refractivity contribution in [1.29, 1.82) is 0 Å². The van der Waals surface area contributed by atoms with E-state index in [0.717, 1.165) is 5.69 Å². The summed E-state index contributed by atoms with van der Waals surface area (Å²) in [6, 6.07) is 69.1. The van der Waals surface area contributed by atoms with E-state index in [4.69, 9.17) is 0 Å². The summed E-state index contributed by atoms with van der Waals surface area (Å²) in [6.45, 7) is 0. The molecule has 0 saturated heterocycles. The molecular weight excluding hydrogens is 691 g/mol. The molecule has 0 fully saturated rings. The number of aromatic nitrogens is 2. The van der Waals surface area contributed by atoms with Crippen molar-refractivity contribution in [2.45, 2.75) is 12.0 Å². The van der Waals surface area contributed by atoms with Crippen LogP contribution in [0.5, 0.6) is 0 Å². The Labute approximate surface area is 331 Å². The van der Waals surface area contributed by atoms with E-state index in [9.17, 15) is 0 Å². The van der Waals surface area contributed by atoms with Gasteiger partial charge < -0.3 is 14.0 Å². The van der Waals surface area contributed by atoms with Crippen LogP contribution >= 0.6 is 0 Å². The molecule has 2 aromatic heterocycles. The lowest BCUT2D eigenvalue weighted by Crippen LogP contribution is -2.28. The quantitative estimate of drug-likeness (QED) is 0.172. The first-order chi connectivity index (χ1) is 28.3. The molecule has 1 aliphatic carbocycles. The van der Waals surface area contributed by atoms with Crippen molar-refractivity contribution >= 4 is 55.0 Å². The number of para-hydroxylation sites is 5. The molecule has 0 amide bonds. The standard InChI is InChI=1S/C54H37N3/c1-4-19-39(20-5-1)55-47-28-13-10-25-42(47)43-32-31-37(34-50(43)55)36-17-16-18-38(33-36)46-35-51-53(45-27-12-14-29-48(45)56(51)40-21-6-2-7-22-40)54-52(46)44-26-11-15-30-49(44)57(54)41-23-8-3-9-24-41/h1-35,44,49H. The Morgan fingerprint density at radius 1 is 0.368 bits per heavy atom. The Balaban J connectivity index is 1.14. The van der Waals surface area contributed by atoms with E-state index in [1.54, 1.807) is 0 Å². The molecule has 0 spiro atoms. The highest BCUT2D eigenvalue weighted by atomic mass is 15.2. The smallest absolute Gasteiger partial charge is 0.0630 e. The van der Waals surface area contributed by atoms with E-state index in [0.29, 0.717) is 0 Å². The average Bonchev–Trinajstić information content (AvgIpc) is 3.92. The van der Waals surface area contributed by atoms with Gasteiger partial charge in [-0.1, -0.05) is 146 Å². The van der Waals surface area contributed by atoms with Gasteiger partial charge in [-0.05, 0) is 94.5 Å². The van der Waals surface area contributed by atoms with Crippen LogP contribution in [-0.2, 0) is 0 Å². The van der Waals surface area contributed by atoms with Gasteiger partial charge in [0, 0.05) is 44.5 Å². The van der Waals surface area contributed by atoms with Gasteiger partial charge >= 0.3 is 0 Å². The van der Waals surface area contributed by atoms with Crippen LogP contribution < -0.4 is 4.90 Å². The van der Waals surface area contributed by atoms with E-state index in [-0.39, 0.29) is 12.0 Å². The Kier molecular flexibility index (Phi) is 7.05. The summed E-state index contributed by atoms with van der Waals surface area (Å²) in [4.78, 5) is 2.60. The predicted octanol–water partition coefficient (Wildman–Crippen LogP) is 13.9. The highest BCUT2D eigenvalue weighted by molar-refractivity contribution is 6.19. The third-order valence-corrected chi connectivity index (χ3v) is 12.2. The predicted molar refractivity (Wildman–Crippen MR) is 239 cm³/mol. The number of hydrogen-bond acceptors (Lipinski definition) is 1. The zero-order valence-electron chi connectivity index (χ0n) is 31.2. The number of benzene rings is 8. The fraction of sp³-hybridized carbons (Fsp3) is 0.0370. The van der Waals surface area contributed by atoms with Gasteiger partial charge in [-0.2, -0.15) is 0 Å². The molecule has 3 heterocycles. The molecule has 2 unspecified atom stereocenters. The van der Waals surface area contributed by atoms with Crippen molar-refractivity contribution in [1.82, 2.24) is 9.13 Å². The summed E-state index contributed by atoms with van der Waals surface area (Å²) in [6.07, 6.45) is 9.26. The van der Waals surface area contributed by atoms with Gasteiger partial charge in [-0.25, -0.2) is 0 Å². The Morgan fingerprint density at radius 2 is 0.930 bits per heavy atom. The number of fused-ring (bicyclic) bond motifs is 10. The average molecular weight is 728 g/mol. The van der Waals surface area contributed by atoms with E-state index in [2.05, 4.69) is 226 Å². The number of hydrogen-bond donors (Lipinski definition) is 0. The molecule has 3 nitrogen and oxygen atoms in total. The Hall–Kier alpha value is -7.36. The molecule has 10 aromatic rings. The molecule has 0 saturated carbocycles. The van der Waals surface area contributed by atoms with Gasteiger partial charge in [0.1, 0.15) is 0 Å². The van der Waals surface area contributed by atoms with Gasteiger partial charge in [0.05, 0.1) is 33.8 Å². The topological polar surface area (TPSA) is 13.1 Å². The summed E-state index contributed by atoms with van der Waals surface area (Å²) in [5, 5.41) is 5.09. The number of anilines is 2. The van der Waals surface area contributed by atoms with Gasteiger partial charge in [0.15, 0.2) is 0 Å². The molecule has 2 aliphatic rings. The monoisotopic (exact) mass is 727 g/mol. The van der Waals surface area contributed by atoms with Crippen LogP contribution in [0.25, 0.3) is 77.2 Å². The molecule has 8 aromatic carbocycles. The van der Waals surface area contributed by atoms with Gasteiger partial charge in [0.25, 0.3) is 0 Å². The van der Waals surface area contributed by atoms with Crippen LogP contribution in [-0.4, -0.2) is 15.2 Å². The van der Waals surface area contributed by atoms with E-state index in [1.165, 1.54) is 88.5 Å². The second-order valence-corrected chi connectivity index (χ2v) is 15.3. The maximum Gasteiger partial charge on any atom is 0.0630 e. The zero-order valence-corrected chi connectivity index (χ0v) is 31.2. The first-order valence-corrected chi connectivity index (χ1v) is 19.9.